The number of nitriles is 2. The van der Waals surface area contributed by atoms with Gasteiger partial charge in [-0.25, -0.2) is 0 Å². The van der Waals surface area contributed by atoms with Crippen LogP contribution in [0, 0.1) is 22.7 Å². The molecule has 2 nitrogen and oxygen atoms in total. The molecule has 1 aliphatic carbocycles. The maximum Gasteiger partial charge on any atom is 0.136 e. The second-order valence-electron chi connectivity index (χ2n) is 6.16. The molecule has 3 rings (SSSR count). The molecule has 0 radical (unpaired) electrons. The third-order valence-electron chi connectivity index (χ3n) is 4.18. The van der Waals surface area contributed by atoms with E-state index in [1.807, 2.05) is 109 Å². The van der Waals surface area contributed by atoms with E-state index in [0.717, 1.165) is 28.7 Å². The molecular formula is C25H18N2. The van der Waals surface area contributed by atoms with E-state index in [4.69, 9.17) is 0 Å². The molecule has 2 aromatic rings. The molecular weight excluding hydrogens is 328 g/mol. The van der Waals surface area contributed by atoms with Crippen molar-refractivity contribution in [2.24, 2.45) is 0 Å². The lowest BCUT2D eigenvalue weighted by molar-refractivity contribution is 1.17. The first kappa shape index (κ1) is 17.9. The fraction of sp³-hybridized carbons (Fsp3) is 0.0400. The third kappa shape index (κ3) is 5.05. The predicted molar refractivity (Wildman–Crippen MR) is 110 cm³/mol. The van der Waals surface area contributed by atoms with Crippen LogP contribution in [0.4, 0.5) is 0 Å². The van der Waals surface area contributed by atoms with E-state index in [0.29, 0.717) is 5.57 Å². The Bertz CT molecular complexity index is 951. The van der Waals surface area contributed by atoms with Crippen molar-refractivity contribution in [3.63, 3.8) is 0 Å². The number of rotatable bonds is 4. The van der Waals surface area contributed by atoms with Gasteiger partial charge in [-0.1, -0.05) is 85.0 Å². The predicted octanol–water partition coefficient (Wildman–Crippen LogP) is 6.01. The highest BCUT2D eigenvalue weighted by Gasteiger charge is 2.10. The van der Waals surface area contributed by atoms with Crippen molar-refractivity contribution < 1.29 is 0 Å². The van der Waals surface area contributed by atoms with E-state index >= 15 is 0 Å². The monoisotopic (exact) mass is 346 g/mol. The van der Waals surface area contributed by atoms with Crippen molar-refractivity contribution >= 4 is 12.2 Å². The largest absolute Gasteiger partial charge is 0.192 e. The number of benzene rings is 2. The zero-order chi connectivity index (χ0) is 18.9. The van der Waals surface area contributed by atoms with Gasteiger partial charge in [-0.15, -0.1) is 0 Å². The number of nitrogens with zero attached hydrogens (tertiary/aromatic N) is 2. The number of hydrogen-bond acceptors (Lipinski definition) is 2. The zero-order valence-electron chi connectivity index (χ0n) is 14.8. The summed E-state index contributed by atoms with van der Waals surface area (Å²) in [7, 11) is 0. The van der Waals surface area contributed by atoms with Crippen LogP contribution in [-0.2, 0) is 0 Å². The lowest BCUT2D eigenvalue weighted by Crippen LogP contribution is -1.95. The Morgan fingerprint density at radius 3 is 1.52 bits per heavy atom. The van der Waals surface area contributed by atoms with Gasteiger partial charge in [-0.2, -0.15) is 10.5 Å². The molecule has 0 saturated heterocycles. The molecule has 0 amide bonds. The summed E-state index contributed by atoms with van der Waals surface area (Å²) >= 11 is 0. The summed E-state index contributed by atoms with van der Waals surface area (Å²) in [5.41, 5.74) is 5.14. The normalized spacial score (nSPS) is 13.8. The first-order chi connectivity index (χ1) is 13.3. The number of hydrogen-bond donors (Lipinski definition) is 0. The number of allylic oxidation sites excluding steroid dienone is 8. The van der Waals surface area contributed by atoms with Gasteiger partial charge in [0.25, 0.3) is 0 Å². The maximum absolute atomic E-state index is 9.24. The van der Waals surface area contributed by atoms with Crippen LogP contribution in [0.2, 0.25) is 0 Å². The molecule has 0 atom stereocenters. The van der Waals surface area contributed by atoms with E-state index in [9.17, 15) is 10.5 Å². The summed E-state index contributed by atoms with van der Waals surface area (Å²) in [6.07, 6.45) is 12.8. The van der Waals surface area contributed by atoms with Gasteiger partial charge < -0.3 is 0 Å². The van der Waals surface area contributed by atoms with E-state index in [2.05, 4.69) is 0 Å². The summed E-state index contributed by atoms with van der Waals surface area (Å²) < 4.78 is 0. The van der Waals surface area contributed by atoms with Gasteiger partial charge in [-0.3, -0.25) is 0 Å². The van der Waals surface area contributed by atoms with Gasteiger partial charge >= 0.3 is 0 Å². The van der Waals surface area contributed by atoms with Crippen LogP contribution >= 0.6 is 0 Å². The van der Waals surface area contributed by atoms with Crippen LogP contribution in [0.5, 0.6) is 0 Å². The molecule has 0 spiro atoms. The minimum atomic E-state index is 0.130. The fourth-order valence-corrected chi connectivity index (χ4v) is 2.83. The average Bonchev–Trinajstić information content (AvgIpc) is 2.73. The quantitative estimate of drug-likeness (QED) is 0.636. The van der Waals surface area contributed by atoms with E-state index in [1.165, 1.54) is 0 Å². The van der Waals surface area contributed by atoms with Gasteiger partial charge in [0.1, 0.15) is 17.7 Å². The molecule has 1 aliphatic rings. The maximum atomic E-state index is 9.24. The van der Waals surface area contributed by atoms with Crippen molar-refractivity contribution in [2.75, 3.05) is 0 Å². The summed E-state index contributed by atoms with van der Waals surface area (Å²) in [4.78, 5) is 0. The molecule has 0 unspecified atom stereocenters. The van der Waals surface area contributed by atoms with E-state index < -0.39 is 0 Å². The third-order valence-corrected chi connectivity index (χ3v) is 4.18. The molecule has 128 valence electrons. The van der Waals surface area contributed by atoms with Crippen LogP contribution in [0.3, 0.4) is 0 Å². The van der Waals surface area contributed by atoms with Gasteiger partial charge in [0.15, 0.2) is 0 Å². The molecule has 0 bridgehead atoms. The van der Waals surface area contributed by atoms with Crippen LogP contribution < -0.4 is 0 Å². The topological polar surface area (TPSA) is 47.6 Å². The Kier molecular flexibility index (Phi) is 5.97. The SMILES string of the molecule is N#CC(C#N)=C1C=C(/C=C/c2ccccc2)CC(/C=C/c2ccccc2)=C1. The molecule has 2 aromatic carbocycles. The van der Waals surface area contributed by atoms with Crippen molar-refractivity contribution in [1.82, 2.24) is 0 Å². The molecule has 0 saturated carbocycles. The smallest absolute Gasteiger partial charge is 0.136 e. The van der Waals surface area contributed by atoms with Crippen molar-refractivity contribution in [2.45, 2.75) is 6.42 Å². The highest BCUT2D eigenvalue weighted by atomic mass is 14.3. The van der Waals surface area contributed by atoms with Crippen LogP contribution in [-0.4, -0.2) is 0 Å². The van der Waals surface area contributed by atoms with Crippen LogP contribution in [0.25, 0.3) is 12.2 Å². The van der Waals surface area contributed by atoms with Crippen LogP contribution in [0.1, 0.15) is 17.5 Å². The van der Waals surface area contributed by atoms with Gasteiger partial charge in [0, 0.05) is 5.57 Å². The highest BCUT2D eigenvalue weighted by Crippen LogP contribution is 2.27. The van der Waals surface area contributed by atoms with Gasteiger partial charge in [-0.05, 0) is 40.8 Å². The first-order valence-corrected chi connectivity index (χ1v) is 8.70. The molecule has 27 heavy (non-hydrogen) atoms. The van der Waals surface area contributed by atoms with Gasteiger partial charge in [0.2, 0.25) is 0 Å². The van der Waals surface area contributed by atoms with E-state index in [-0.39, 0.29) is 5.57 Å². The Labute approximate surface area is 160 Å². The summed E-state index contributed by atoms with van der Waals surface area (Å²) in [5, 5.41) is 18.5. The molecule has 0 fully saturated rings. The summed E-state index contributed by atoms with van der Waals surface area (Å²) in [6, 6.07) is 24.1. The second kappa shape index (κ2) is 8.99. The minimum Gasteiger partial charge on any atom is -0.192 e. The Balaban J connectivity index is 1.90. The molecule has 0 heterocycles. The van der Waals surface area contributed by atoms with Crippen molar-refractivity contribution in [3.8, 4) is 12.1 Å². The summed E-state index contributed by atoms with van der Waals surface area (Å²) in [5.74, 6) is 0. The first-order valence-electron chi connectivity index (χ1n) is 8.70. The second-order valence-corrected chi connectivity index (χ2v) is 6.16. The molecule has 0 aromatic heterocycles. The van der Waals surface area contributed by atoms with Gasteiger partial charge in [0.05, 0.1) is 0 Å². The van der Waals surface area contributed by atoms with Crippen LogP contribution in [0.15, 0.2) is 107 Å². The lowest BCUT2D eigenvalue weighted by Gasteiger charge is -2.12. The fourth-order valence-electron chi connectivity index (χ4n) is 2.83. The Morgan fingerprint density at radius 2 is 1.11 bits per heavy atom. The molecule has 0 N–H and O–H groups in total. The molecule has 2 heteroatoms. The Hall–Kier alpha value is -3.88. The summed E-state index contributed by atoms with van der Waals surface area (Å²) in [6.45, 7) is 0. The standard InChI is InChI=1S/C25H18N2/c26-18-25(19-27)24-16-22(13-11-20-7-3-1-4-8-20)15-23(17-24)14-12-21-9-5-2-6-10-21/h1-14,16-17H,15H2/b13-11+,14-12+. The minimum absolute atomic E-state index is 0.130. The Morgan fingerprint density at radius 1 is 0.667 bits per heavy atom. The van der Waals surface area contributed by atoms with E-state index in [1.54, 1.807) is 0 Å². The highest BCUT2D eigenvalue weighted by molar-refractivity contribution is 5.62. The molecule has 0 aliphatic heterocycles. The zero-order valence-corrected chi connectivity index (χ0v) is 14.8. The van der Waals surface area contributed by atoms with Crippen molar-refractivity contribution in [1.29, 1.82) is 10.5 Å². The lowest BCUT2D eigenvalue weighted by atomic mass is 9.91. The van der Waals surface area contributed by atoms with Crippen molar-refractivity contribution in [3.05, 3.63) is 118 Å². The average molecular weight is 346 g/mol.